The zero-order valence-corrected chi connectivity index (χ0v) is 18.2. The van der Waals surface area contributed by atoms with Gasteiger partial charge in [0, 0.05) is 6.54 Å². The minimum atomic E-state index is -0.257. The predicted octanol–water partition coefficient (Wildman–Crippen LogP) is 5.43. The highest BCUT2D eigenvalue weighted by Gasteiger charge is 2.34. The van der Waals surface area contributed by atoms with E-state index >= 15 is 0 Å². The Morgan fingerprint density at radius 3 is 2.62 bits per heavy atom. The SMILES string of the molecule is O=C1S/C(=C/c2cc(Br)c(O)c(I)c2)C(=O)N1CCCc1ccccc1. The van der Waals surface area contributed by atoms with Crippen molar-refractivity contribution in [2.45, 2.75) is 12.8 Å². The van der Waals surface area contributed by atoms with Crippen LogP contribution in [0.25, 0.3) is 6.08 Å². The molecule has 134 valence electrons. The topological polar surface area (TPSA) is 57.6 Å². The molecule has 0 bridgehead atoms. The lowest BCUT2D eigenvalue weighted by atomic mass is 10.1. The smallest absolute Gasteiger partial charge is 0.293 e. The number of phenolic OH excluding ortho intramolecular Hbond substituents is 1. The number of halogens is 2. The van der Waals surface area contributed by atoms with Gasteiger partial charge in [0.2, 0.25) is 0 Å². The van der Waals surface area contributed by atoms with Crippen LogP contribution in [0.4, 0.5) is 4.79 Å². The van der Waals surface area contributed by atoms with E-state index < -0.39 is 0 Å². The first-order valence-electron chi connectivity index (χ1n) is 7.93. The molecule has 0 radical (unpaired) electrons. The van der Waals surface area contributed by atoms with E-state index in [1.807, 2.05) is 52.9 Å². The average Bonchev–Trinajstić information content (AvgIpc) is 2.88. The summed E-state index contributed by atoms with van der Waals surface area (Å²) in [4.78, 5) is 26.5. The molecular formula is C19H15BrINO3S. The Morgan fingerprint density at radius 2 is 1.92 bits per heavy atom. The zero-order chi connectivity index (χ0) is 18.7. The molecule has 2 aromatic carbocycles. The minimum absolute atomic E-state index is 0.164. The van der Waals surface area contributed by atoms with Gasteiger partial charge in [-0.3, -0.25) is 14.5 Å². The third kappa shape index (κ3) is 4.50. The van der Waals surface area contributed by atoms with Crippen molar-refractivity contribution in [2.75, 3.05) is 6.54 Å². The van der Waals surface area contributed by atoms with Gasteiger partial charge in [-0.05, 0) is 92.5 Å². The summed E-state index contributed by atoms with van der Waals surface area (Å²) in [6.45, 7) is 0.410. The van der Waals surface area contributed by atoms with Crippen LogP contribution in [0.5, 0.6) is 5.75 Å². The molecular weight excluding hydrogens is 529 g/mol. The van der Waals surface area contributed by atoms with E-state index in [1.54, 1.807) is 18.2 Å². The van der Waals surface area contributed by atoms with Crippen LogP contribution in [0, 0.1) is 3.57 Å². The van der Waals surface area contributed by atoms with Crippen LogP contribution in [0.15, 0.2) is 51.8 Å². The predicted molar refractivity (Wildman–Crippen MR) is 116 cm³/mol. The number of amides is 2. The van der Waals surface area contributed by atoms with Gasteiger partial charge in [-0.25, -0.2) is 0 Å². The van der Waals surface area contributed by atoms with E-state index in [-0.39, 0.29) is 16.9 Å². The number of nitrogens with zero attached hydrogens (tertiary/aromatic N) is 1. The summed E-state index contributed by atoms with van der Waals surface area (Å²) < 4.78 is 1.23. The first kappa shape index (κ1) is 19.4. The van der Waals surface area contributed by atoms with Crippen molar-refractivity contribution in [3.63, 3.8) is 0 Å². The van der Waals surface area contributed by atoms with Crippen molar-refractivity contribution in [1.29, 1.82) is 0 Å². The van der Waals surface area contributed by atoms with Gasteiger partial charge < -0.3 is 5.11 Å². The lowest BCUT2D eigenvalue weighted by molar-refractivity contribution is -0.122. The largest absolute Gasteiger partial charge is 0.506 e. The van der Waals surface area contributed by atoms with Crippen LogP contribution >= 0.6 is 50.3 Å². The van der Waals surface area contributed by atoms with E-state index in [4.69, 9.17) is 0 Å². The maximum absolute atomic E-state index is 12.6. The molecule has 7 heteroatoms. The lowest BCUT2D eigenvalue weighted by Gasteiger charge is -2.12. The van der Waals surface area contributed by atoms with Gasteiger partial charge in [0.15, 0.2) is 0 Å². The molecule has 1 aliphatic heterocycles. The lowest BCUT2D eigenvalue weighted by Crippen LogP contribution is -2.29. The van der Waals surface area contributed by atoms with Crippen molar-refractivity contribution >= 4 is 67.5 Å². The normalized spacial score (nSPS) is 15.9. The van der Waals surface area contributed by atoms with E-state index in [9.17, 15) is 14.7 Å². The molecule has 2 aromatic rings. The number of hydrogen-bond donors (Lipinski definition) is 1. The van der Waals surface area contributed by atoms with Crippen LogP contribution in [-0.4, -0.2) is 27.7 Å². The van der Waals surface area contributed by atoms with Crippen molar-refractivity contribution in [2.24, 2.45) is 0 Å². The van der Waals surface area contributed by atoms with Gasteiger partial charge in [0.1, 0.15) is 5.75 Å². The molecule has 0 unspecified atom stereocenters. The number of imide groups is 1. The summed E-state index contributed by atoms with van der Waals surface area (Å²) in [6.07, 6.45) is 3.25. The number of benzene rings is 2. The second kappa shape index (κ2) is 8.58. The summed E-state index contributed by atoms with van der Waals surface area (Å²) in [7, 11) is 0. The Hall–Kier alpha value is -1.32. The second-order valence-corrected chi connectivity index (χ2v) is 8.77. The van der Waals surface area contributed by atoms with E-state index in [2.05, 4.69) is 15.9 Å². The number of phenols is 1. The molecule has 0 saturated carbocycles. The maximum atomic E-state index is 12.6. The van der Waals surface area contributed by atoms with Crippen molar-refractivity contribution in [1.82, 2.24) is 4.90 Å². The highest BCUT2D eigenvalue weighted by Crippen LogP contribution is 2.35. The zero-order valence-electron chi connectivity index (χ0n) is 13.6. The molecule has 1 N–H and O–H groups in total. The Bertz CT molecular complexity index is 863. The fraction of sp³-hybridized carbons (Fsp3) is 0.158. The van der Waals surface area contributed by atoms with Crippen LogP contribution in [0.3, 0.4) is 0 Å². The van der Waals surface area contributed by atoms with Crippen molar-refractivity contribution in [3.05, 3.63) is 66.5 Å². The monoisotopic (exact) mass is 543 g/mol. The van der Waals surface area contributed by atoms with Gasteiger partial charge in [-0.15, -0.1) is 0 Å². The Balaban J connectivity index is 1.68. The molecule has 4 nitrogen and oxygen atoms in total. The van der Waals surface area contributed by atoms with Crippen LogP contribution in [0.2, 0.25) is 0 Å². The second-order valence-electron chi connectivity index (χ2n) is 5.76. The fourth-order valence-electron chi connectivity index (χ4n) is 2.60. The third-order valence-electron chi connectivity index (χ3n) is 3.90. The number of aryl methyl sites for hydroxylation is 1. The average molecular weight is 544 g/mol. The maximum Gasteiger partial charge on any atom is 0.293 e. The highest BCUT2D eigenvalue weighted by atomic mass is 127. The third-order valence-corrected chi connectivity index (χ3v) is 6.23. The van der Waals surface area contributed by atoms with Crippen LogP contribution < -0.4 is 0 Å². The first-order valence-corrected chi connectivity index (χ1v) is 10.6. The number of carbonyl (C=O) groups excluding carboxylic acids is 2. The van der Waals surface area contributed by atoms with E-state index in [1.165, 1.54) is 10.5 Å². The van der Waals surface area contributed by atoms with E-state index in [0.717, 1.165) is 30.2 Å². The van der Waals surface area contributed by atoms with E-state index in [0.29, 0.717) is 19.5 Å². The van der Waals surface area contributed by atoms with Gasteiger partial charge in [0.05, 0.1) is 12.9 Å². The molecule has 0 aromatic heterocycles. The van der Waals surface area contributed by atoms with Gasteiger partial charge >= 0.3 is 0 Å². The quantitative estimate of drug-likeness (QED) is 0.403. The Kier molecular flexibility index (Phi) is 6.42. The number of thioether (sulfide) groups is 1. The molecule has 1 fully saturated rings. The number of aromatic hydroxyl groups is 1. The first-order chi connectivity index (χ1) is 12.5. The van der Waals surface area contributed by atoms with Gasteiger partial charge in [-0.1, -0.05) is 30.3 Å². The standard InChI is InChI=1S/C19H15BrINO3S/c20-14-9-13(10-15(21)17(14)23)11-16-18(24)22(19(25)26-16)8-4-7-12-5-2-1-3-6-12/h1-3,5-6,9-11,23H,4,7-8H2/b16-11+. The summed E-state index contributed by atoms with van der Waals surface area (Å²) in [5.74, 6) is -0.0935. The molecule has 0 spiro atoms. The summed E-state index contributed by atoms with van der Waals surface area (Å²) in [5, 5.41) is 9.57. The number of hydrogen-bond acceptors (Lipinski definition) is 4. The molecule has 26 heavy (non-hydrogen) atoms. The summed E-state index contributed by atoms with van der Waals surface area (Å²) in [6, 6.07) is 13.5. The Morgan fingerprint density at radius 1 is 1.19 bits per heavy atom. The minimum Gasteiger partial charge on any atom is -0.506 e. The highest BCUT2D eigenvalue weighted by molar-refractivity contribution is 14.1. The van der Waals surface area contributed by atoms with Gasteiger partial charge in [-0.2, -0.15) is 0 Å². The van der Waals surface area contributed by atoms with Crippen molar-refractivity contribution in [3.8, 4) is 5.75 Å². The Labute approximate surface area is 177 Å². The molecule has 2 amide bonds. The van der Waals surface area contributed by atoms with Crippen molar-refractivity contribution < 1.29 is 14.7 Å². The molecule has 1 aliphatic rings. The fourth-order valence-corrected chi connectivity index (χ4v) is 4.96. The number of carbonyl (C=O) groups is 2. The summed E-state index contributed by atoms with van der Waals surface area (Å²) in [5.41, 5.74) is 1.95. The molecule has 1 saturated heterocycles. The van der Waals surface area contributed by atoms with Crippen LogP contribution in [0.1, 0.15) is 17.5 Å². The molecule has 1 heterocycles. The molecule has 0 atom stereocenters. The number of rotatable bonds is 5. The van der Waals surface area contributed by atoms with Gasteiger partial charge in [0.25, 0.3) is 11.1 Å². The molecule has 0 aliphatic carbocycles. The van der Waals surface area contributed by atoms with Crippen LogP contribution in [-0.2, 0) is 11.2 Å². The summed E-state index contributed by atoms with van der Waals surface area (Å²) >= 11 is 6.27. The molecule has 3 rings (SSSR count).